The van der Waals surface area contributed by atoms with Gasteiger partial charge >= 0.3 is 5.97 Å². The molecule has 37 heavy (non-hydrogen) atoms. The average Bonchev–Trinajstić information content (AvgIpc) is 3.80. The summed E-state index contributed by atoms with van der Waals surface area (Å²) in [6.45, 7) is 9.65. The van der Waals surface area contributed by atoms with Crippen LogP contribution in [0.15, 0.2) is 30.3 Å². The summed E-state index contributed by atoms with van der Waals surface area (Å²) in [4.78, 5) is 13.1. The van der Waals surface area contributed by atoms with Crippen molar-refractivity contribution in [2.45, 2.75) is 102 Å². The molecule has 0 amide bonds. The summed E-state index contributed by atoms with van der Waals surface area (Å²) in [6, 6.07) is 7.59. The van der Waals surface area contributed by atoms with Crippen LogP contribution < -0.4 is 4.74 Å². The number of epoxide rings is 2. The van der Waals surface area contributed by atoms with Gasteiger partial charge in [-0.3, -0.25) is 0 Å². The van der Waals surface area contributed by atoms with Crippen molar-refractivity contribution in [1.82, 2.24) is 0 Å². The fourth-order valence-corrected chi connectivity index (χ4v) is 6.47. The van der Waals surface area contributed by atoms with E-state index in [-0.39, 0.29) is 47.3 Å². The first kappa shape index (κ1) is 28.1. The number of carbonyl (C=O) groups is 1. The van der Waals surface area contributed by atoms with E-state index in [4.69, 9.17) is 23.7 Å². The molecule has 0 radical (unpaired) electrons. The molecule has 1 aliphatic carbocycles. The zero-order valence-corrected chi connectivity index (χ0v) is 23.5. The molecule has 206 valence electrons. The van der Waals surface area contributed by atoms with E-state index in [2.05, 4.69) is 27.7 Å². The van der Waals surface area contributed by atoms with Crippen molar-refractivity contribution < 1.29 is 28.5 Å². The maximum atomic E-state index is 13.1. The summed E-state index contributed by atoms with van der Waals surface area (Å²) in [5.74, 6) is 1.31. The molecule has 2 aliphatic heterocycles. The third-order valence-electron chi connectivity index (χ3n) is 8.64. The highest BCUT2D eigenvalue weighted by Gasteiger charge is 2.73. The van der Waals surface area contributed by atoms with Crippen LogP contribution in [0.3, 0.4) is 0 Å². The van der Waals surface area contributed by atoms with E-state index >= 15 is 0 Å². The molecule has 0 aromatic heterocycles. The predicted molar refractivity (Wildman–Crippen MR) is 144 cm³/mol. The third-order valence-corrected chi connectivity index (χ3v) is 8.64. The lowest BCUT2D eigenvalue weighted by atomic mass is 9.63. The lowest BCUT2D eigenvalue weighted by molar-refractivity contribution is -0.179. The van der Waals surface area contributed by atoms with Gasteiger partial charge in [-0.25, -0.2) is 4.79 Å². The molecule has 1 saturated carbocycles. The first-order chi connectivity index (χ1) is 17.8. The van der Waals surface area contributed by atoms with Crippen molar-refractivity contribution in [3.05, 3.63) is 35.9 Å². The van der Waals surface area contributed by atoms with Crippen LogP contribution in [0.25, 0.3) is 6.08 Å². The maximum absolute atomic E-state index is 13.1. The molecule has 2 heterocycles. The standard InChI is InChI=1S/C31H46O6/c1-7-8-9-10-23-19-31(20-35-31)29(30(4)25(37-30)17-11-21(2)3)28(34-6)27(23)36-26(32)18-14-22-12-15-24(33-5)16-13-22/h12-16,18,21,23,25,27-29H,7-11,17,19-20H2,1-6H3/b18-14+/t23-,25-,27-,28-,29-,30?,31+/m1/s1. The Bertz CT molecular complexity index is 920. The van der Waals surface area contributed by atoms with E-state index in [1.165, 1.54) is 12.5 Å². The Morgan fingerprint density at radius 1 is 1.14 bits per heavy atom. The van der Waals surface area contributed by atoms with Gasteiger partial charge in [0.15, 0.2) is 0 Å². The molecular weight excluding hydrogens is 468 g/mol. The van der Waals surface area contributed by atoms with Gasteiger partial charge in [-0.1, -0.05) is 52.2 Å². The van der Waals surface area contributed by atoms with Crippen molar-refractivity contribution in [1.29, 1.82) is 0 Å². The topological polar surface area (TPSA) is 69.8 Å². The van der Waals surface area contributed by atoms with Crippen molar-refractivity contribution in [2.75, 3.05) is 20.8 Å². The summed E-state index contributed by atoms with van der Waals surface area (Å²) in [7, 11) is 3.38. The Morgan fingerprint density at radius 2 is 1.86 bits per heavy atom. The highest BCUT2D eigenvalue weighted by Crippen LogP contribution is 2.61. The fraction of sp³-hybridized carbons (Fsp3) is 0.710. The number of methoxy groups -OCH3 is 2. The van der Waals surface area contributed by atoms with Gasteiger partial charge in [0.25, 0.3) is 0 Å². The largest absolute Gasteiger partial charge is 0.497 e. The number of hydrogen-bond acceptors (Lipinski definition) is 6. The van der Waals surface area contributed by atoms with Gasteiger partial charge in [0.05, 0.1) is 25.7 Å². The summed E-state index contributed by atoms with van der Waals surface area (Å²) in [6.07, 6.45) is 10.4. The number of ether oxygens (including phenoxy) is 5. The van der Waals surface area contributed by atoms with Crippen LogP contribution in [0.5, 0.6) is 5.75 Å². The Labute approximate surface area is 223 Å². The lowest BCUT2D eigenvalue weighted by Gasteiger charge is -2.46. The van der Waals surface area contributed by atoms with Crippen molar-refractivity contribution >= 4 is 12.0 Å². The second-order valence-corrected chi connectivity index (χ2v) is 11.8. The van der Waals surface area contributed by atoms with E-state index in [0.717, 1.165) is 56.4 Å². The molecule has 0 bridgehead atoms. The second-order valence-electron chi connectivity index (χ2n) is 11.8. The zero-order valence-electron chi connectivity index (χ0n) is 23.5. The number of rotatable bonds is 13. The molecular formula is C31H46O6. The third kappa shape index (κ3) is 6.40. The molecule has 4 rings (SSSR count). The van der Waals surface area contributed by atoms with Crippen LogP contribution in [-0.4, -0.2) is 56.3 Å². The predicted octanol–water partition coefficient (Wildman–Crippen LogP) is 6.21. The van der Waals surface area contributed by atoms with Gasteiger partial charge in [0.2, 0.25) is 0 Å². The lowest BCUT2D eigenvalue weighted by Crippen LogP contribution is -2.59. The van der Waals surface area contributed by atoms with E-state index in [9.17, 15) is 4.79 Å². The molecule has 3 aliphatic rings. The van der Waals surface area contributed by atoms with E-state index in [1.54, 1.807) is 20.3 Å². The van der Waals surface area contributed by atoms with Gasteiger partial charge in [0.1, 0.15) is 29.2 Å². The van der Waals surface area contributed by atoms with E-state index in [1.807, 2.05) is 24.3 Å². The Hall–Kier alpha value is -1.89. The van der Waals surface area contributed by atoms with Gasteiger partial charge in [-0.2, -0.15) is 0 Å². The molecule has 6 heteroatoms. The number of unbranched alkanes of at least 4 members (excludes halogenated alkanes) is 2. The minimum Gasteiger partial charge on any atom is -0.497 e. The molecule has 1 aromatic carbocycles. The normalized spacial score (nSPS) is 34.7. The first-order valence-electron chi connectivity index (χ1n) is 14.1. The first-order valence-corrected chi connectivity index (χ1v) is 14.1. The van der Waals surface area contributed by atoms with Crippen LogP contribution in [-0.2, 0) is 23.7 Å². The van der Waals surface area contributed by atoms with Crippen LogP contribution in [0.4, 0.5) is 0 Å². The number of hydrogen-bond donors (Lipinski definition) is 0. The smallest absolute Gasteiger partial charge is 0.331 e. The molecule has 1 spiro atoms. The van der Waals surface area contributed by atoms with Crippen molar-refractivity contribution in [3.8, 4) is 5.75 Å². The quantitative estimate of drug-likeness (QED) is 0.135. The summed E-state index contributed by atoms with van der Waals surface area (Å²) in [5, 5.41) is 0. The Balaban J connectivity index is 1.52. The highest BCUT2D eigenvalue weighted by atomic mass is 16.6. The molecule has 6 nitrogen and oxygen atoms in total. The molecule has 1 aromatic rings. The summed E-state index contributed by atoms with van der Waals surface area (Å²) in [5.41, 5.74) is 0.365. The Kier molecular flexibility index (Phi) is 9.03. The number of carbonyl (C=O) groups excluding carboxylic acids is 1. The van der Waals surface area contributed by atoms with Gasteiger partial charge in [-0.15, -0.1) is 0 Å². The van der Waals surface area contributed by atoms with Crippen LogP contribution in [0.1, 0.15) is 78.2 Å². The number of benzene rings is 1. The Morgan fingerprint density at radius 3 is 2.46 bits per heavy atom. The van der Waals surface area contributed by atoms with Gasteiger partial charge in [-0.05, 0) is 62.3 Å². The minimum atomic E-state index is -0.340. The van der Waals surface area contributed by atoms with Crippen LogP contribution in [0.2, 0.25) is 0 Å². The second kappa shape index (κ2) is 11.9. The number of esters is 1. The molecule has 0 N–H and O–H groups in total. The average molecular weight is 515 g/mol. The summed E-state index contributed by atoms with van der Waals surface area (Å²) >= 11 is 0. The highest BCUT2D eigenvalue weighted by molar-refractivity contribution is 5.87. The molecule has 7 atom stereocenters. The zero-order chi connectivity index (χ0) is 26.6. The minimum absolute atomic E-state index is 0.0351. The van der Waals surface area contributed by atoms with Crippen LogP contribution in [0, 0.1) is 17.8 Å². The SMILES string of the molecule is CCCCC[C@@H]1C[C@]2(CO2)[C@@H](C2(C)O[C@@H]2CCC(C)C)[C@H](OC)[C@@H]1OC(=O)/C=C/c1ccc(OC)cc1. The molecule has 3 fully saturated rings. The molecule has 2 saturated heterocycles. The van der Waals surface area contributed by atoms with E-state index in [0.29, 0.717) is 5.92 Å². The van der Waals surface area contributed by atoms with Gasteiger partial charge in [0, 0.05) is 19.1 Å². The fourth-order valence-electron chi connectivity index (χ4n) is 6.47. The van der Waals surface area contributed by atoms with Gasteiger partial charge < -0.3 is 23.7 Å². The maximum Gasteiger partial charge on any atom is 0.331 e. The molecule has 1 unspecified atom stereocenters. The monoisotopic (exact) mass is 514 g/mol. The summed E-state index contributed by atoms with van der Waals surface area (Å²) < 4.78 is 30.2. The van der Waals surface area contributed by atoms with Crippen molar-refractivity contribution in [2.24, 2.45) is 17.8 Å². The van der Waals surface area contributed by atoms with Crippen LogP contribution >= 0.6 is 0 Å². The van der Waals surface area contributed by atoms with E-state index < -0.39 is 0 Å². The van der Waals surface area contributed by atoms with Crippen molar-refractivity contribution in [3.63, 3.8) is 0 Å².